The smallest absolute Gasteiger partial charge is 0.248 e. The molecule has 1 aromatic rings. The average molecular weight is 490 g/mol. The van der Waals surface area contributed by atoms with E-state index in [-0.39, 0.29) is 30.2 Å². The Labute approximate surface area is 205 Å². The molecule has 3 aliphatic rings. The first-order chi connectivity index (χ1) is 16.2. The molecule has 4 rings (SSSR count). The van der Waals surface area contributed by atoms with Crippen LogP contribution in [0.4, 0.5) is 5.69 Å². The number of methoxy groups -OCH3 is 1. The van der Waals surface area contributed by atoms with Gasteiger partial charge in [-0.15, -0.1) is 11.8 Å². The van der Waals surface area contributed by atoms with Crippen molar-refractivity contribution in [2.24, 2.45) is 17.8 Å². The lowest BCUT2D eigenvalue weighted by Crippen LogP contribution is -2.56. The second-order valence-corrected chi connectivity index (χ2v) is 11.8. The summed E-state index contributed by atoms with van der Waals surface area (Å²) in [6, 6.07) is 5.78. The van der Waals surface area contributed by atoms with E-state index in [1.165, 1.54) is 0 Å². The summed E-state index contributed by atoms with van der Waals surface area (Å²) in [5, 5.41) is 16.1. The van der Waals surface area contributed by atoms with Crippen LogP contribution in [0.25, 0.3) is 0 Å². The summed E-state index contributed by atoms with van der Waals surface area (Å²) in [6.07, 6.45) is 2.18. The van der Waals surface area contributed by atoms with Crippen molar-refractivity contribution in [3.05, 3.63) is 24.3 Å². The van der Waals surface area contributed by atoms with Gasteiger partial charge >= 0.3 is 0 Å². The first-order valence-corrected chi connectivity index (χ1v) is 12.8. The number of anilines is 1. The molecule has 1 spiro atoms. The van der Waals surface area contributed by atoms with E-state index in [9.17, 15) is 19.5 Å². The molecule has 34 heavy (non-hydrogen) atoms. The van der Waals surface area contributed by atoms with Crippen LogP contribution in [0.5, 0.6) is 5.75 Å². The number of carbonyl (C=O) groups is 3. The van der Waals surface area contributed by atoms with Crippen LogP contribution >= 0.6 is 11.8 Å². The van der Waals surface area contributed by atoms with Crippen LogP contribution in [0.15, 0.2) is 24.3 Å². The first kappa shape index (κ1) is 24.9. The molecule has 1 aromatic carbocycles. The van der Waals surface area contributed by atoms with E-state index < -0.39 is 33.4 Å². The number of nitrogens with one attached hydrogen (secondary N) is 2. The summed E-state index contributed by atoms with van der Waals surface area (Å²) in [5.41, 5.74) is 0.605. The zero-order chi connectivity index (χ0) is 24.8. The molecule has 186 valence electrons. The summed E-state index contributed by atoms with van der Waals surface area (Å²) in [6.45, 7) is 5.80. The van der Waals surface area contributed by atoms with E-state index in [1.807, 2.05) is 20.8 Å². The fourth-order valence-corrected chi connectivity index (χ4v) is 8.62. The van der Waals surface area contributed by atoms with Gasteiger partial charge in [-0.2, -0.15) is 0 Å². The Morgan fingerprint density at radius 3 is 2.50 bits per heavy atom. The van der Waals surface area contributed by atoms with E-state index in [0.29, 0.717) is 17.9 Å². The highest BCUT2D eigenvalue weighted by Crippen LogP contribution is 2.71. The highest BCUT2D eigenvalue weighted by Gasteiger charge is 2.77. The van der Waals surface area contributed by atoms with Gasteiger partial charge in [0.15, 0.2) is 0 Å². The Morgan fingerprint density at radius 2 is 1.94 bits per heavy atom. The van der Waals surface area contributed by atoms with Gasteiger partial charge in [0.2, 0.25) is 17.7 Å². The lowest BCUT2D eigenvalue weighted by Gasteiger charge is -2.39. The van der Waals surface area contributed by atoms with Crippen molar-refractivity contribution in [2.75, 3.05) is 26.1 Å². The van der Waals surface area contributed by atoms with E-state index in [0.717, 1.165) is 12.8 Å². The second kappa shape index (κ2) is 9.07. The van der Waals surface area contributed by atoms with E-state index in [4.69, 9.17) is 4.74 Å². The first-order valence-electron chi connectivity index (χ1n) is 12.0. The highest BCUT2D eigenvalue weighted by atomic mass is 32.2. The third kappa shape index (κ3) is 3.59. The predicted molar refractivity (Wildman–Crippen MR) is 132 cm³/mol. The molecule has 3 heterocycles. The zero-order valence-corrected chi connectivity index (χ0v) is 21.3. The van der Waals surface area contributed by atoms with Crippen molar-refractivity contribution < 1.29 is 24.2 Å². The van der Waals surface area contributed by atoms with Crippen LogP contribution in [-0.4, -0.2) is 70.1 Å². The molecule has 3 amide bonds. The number of thioether (sulfide) groups is 1. The molecular weight excluding hydrogens is 454 g/mol. The van der Waals surface area contributed by atoms with Gasteiger partial charge in [-0.1, -0.05) is 20.3 Å². The van der Waals surface area contributed by atoms with Gasteiger partial charge in [0, 0.05) is 17.5 Å². The number of hydrogen-bond donors (Lipinski definition) is 3. The summed E-state index contributed by atoms with van der Waals surface area (Å²) in [5.74, 6) is -1.07. The molecule has 3 saturated heterocycles. The Kier molecular flexibility index (Phi) is 6.63. The second-order valence-electron chi connectivity index (χ2n) is 9.94. The molecule has 7 atom stereocenters. The third-order valence-electron chi connectivity index (χ3n) is 8.19. The minimum Gasteiger partial charge on any atom is -0.497 e. The highest BCUT2D eigenvalue weighted by molar-refractivity contribution is 8.02. The molecular formula is C25H35N3O5S. The van der Waals surface area contributed by atoms with Crippen molar-refractivity contribution in [3.63, 3.8) is 0 Å². The van der Waals surface area contributed by atoms with E-state index >= 15 is 0 Å². The van der Waals surface area contributed by atoms with Gasteiger partial charge in [-0.25, -0.2) is 0 Å². The number of aliphatic hydroxyl groups excluding tert-OH is 1. The summed E-state index contributed by atoms with van der Waals surface area (Å²) in [7, 11) is 3.17. The number of nitrogens with zero attached hydrogens (tertiary/aromatic N) is 1. The van der Waals surface area contributed by atoms with Crippen LogP contribution in [-0.2, 0) is 14.4 Å². The number of rotatable bonds is 8. The van der Waals surface area contributed by atoms with E-state index in [2.05, 4.69) is 10.6 Å². The van der Waals surface area contributed by atoms with Gasteiger partial charge in [-0.05, 0) is 49.9 Å². The van der Waals surface area contributed by atoms with Gasteiger partial charge in [0.05, 0.1) is 36.3 Å². The number of hydrogen-bond acceptors (Lipinski definition) is 6. The minimum absolute atomic E-state index is 0.00305. The molecule has 9 heteroatoms. The standard InChI is InChI=1S/C25H35N3O5S/c1-6-14(2)17(13-29)28-20(22(31)27-15-7-9-16(33-5)10-8-15)25-12-11-24(3,34-25)18(21(30)26-4)19(25)23(28)32/h7-10,14,17-20,29H,6,11-13H2,1-5H3,(H,26,30)(H,27,31)/t14-,17-,18+,19-,20?,24-,25?/m0/s1. The van der Waals surface area contributed by atoms with Crippen molar-refractivity contribution in [2.45, 2.75) is 61.6 Å². The number of likely N-dealkylation sites (tertiary alicyclic amines) is 1. The monoisotopic (exact) mass is 489 g/mol. The van der Waals surface area contributed by atoms with Gasteiger partial charge in [-0.3, -0.25) is 14.4 Å². The Hall–Kier alpha value is -2.26. The van der Waals surface area contributed by atoms with Gasteiger partial charge < -0.3 is 25.4 Å². The molecule has 2 unspecified atom stereocenters. The molecule has 0 aromatic heterocycles. The molecule has 3 fully saturated rings. The quantitative estimate of drug-likeness (QED) is 0.517. The topological polar surface area (TPSA) is 108 Å². The number of ether oxygens (including phenoxy) is 1. The average Bonchev–Trinajstić information content (AvgIpc) is 3.40. The van der Waals surface area contributed by atoms with Crippen molar-refractivity contribution in [1.29, 1.82) is 0 Å². The lowest BCUT2D eigenvalue weighted by atomic mass is 9.66. The van der Waals surface area contributed by atoms with Crippen molar-refractivity contribution in [3.8, 4) is 5.75 Å². The number of fused-ring (bicyclic) bond motifs is 1. The summed E-state index contributed by atoms with van der Waals surface area (Å²) < 4.78 is 4.09. The Morgan fingerprint density at radius 1 is 1.26 bits per heavy atom. The number of amides is 3. The summed E-state index contributed by atoms with van der Waals surface area (Å²) >= 11 is 1.63. The molecule has 0 radical (unpaired) electrons. The lowest BCUT2D eigenvalue weighted by molar-refractivity contribution is -0.143. The maximum Gasteiger partial charge on any atom is 0.248 e. The number of carbonyl (C=O) groups excluding carboxylic acids is 3. The van der Waals surface area contributed by atoms with Crippen LogP contribution < -0.4 is 15.4 Å². The van der Waals surface area contributed by atoms with Crippen LogP contribution in [0.2, 0.25) is 0 Å². The molecule has 2 bridgehead atoms. The van der Waals surface area contributed by atoms with Crippen LogP contribution in [0.1, 0.15) is 40.0 Å². The third-order valence-corrected chi connectivity index (χ3v) is 10.2. The largest absolute Gasteiger partial charge is 0.497 e. The van der Waals surface area contributed by atoms with Crippen LogP contribution in [0, 0.1) is 17.8 Å². The normalized spacial score (nSPS) is 33.4. The Bertz CT molecular complexity index is 972. The molecule has 3 N–H and O–H groups in total. The molecule has 8 nitrogen and oxygen atoms in total. The van der Waals surface area contributed by atoms with E-state index in [1.54, 1.807) is 55.1 Å². The Balaban J connectivity index is 1.77. The van der Waals surface area contributed by atoms with Gasteiger partial charge in [0.25, 0.3) is 0 Å². The predicted octanol–water partition coefficient (Wildman–Crippen LogP) is 2.27. The maximum atomic E-state index is 14.0. The molecule has 0 saturated carbocycles. The van der Waals surface area contributed by atoms with Crippen LogP contribution in [0.3, 0.4) is 0 Å². The maximum absolute atomic E-state index is 14.0. The fraction of sp³-hybridized carbons (Fsp3) is 0.640. The minimum atomic E-state index is -0.778. The SMILES string of the molecule is CC[C@H](C)[C@H](CO)N1C(=O)[C@@H]2[C@H](C(=O)NC)[C@]3(C)CCC2(S3)C1C(=O)Nc1ccc(OC)cc1. The summed E-state index contributed by atoms with van der Waals surface area (Å²) in [4.78, 5) is 42.6. The number of aliphatic hydroxyl groups is 1. The molecule has 3 aliphatic heterocycles. The van der Waals surface area contributed by atoms with Gasteiger partial charge in [0.1, 0.15) is 11.8 Å². The number of benzene rings is 1. The van der Waals surface area contributed by atoms with Crippen molar-refractivity contribution >= 4 is 35.2 Å². The zero-order valence-electron chi connectivity index (χ0n) is 20.5. The molecule has 0 aliphatic carbocycles. The van der Waals surface area contributed by atoms with Crippen molar-refractivity contribution in [1.82, 2.24) is 10.2 Å². The fourth-order valence-electron chi connectivity index (χ4n) is 6.28.